The molecule has 6 nitrogen and oxygen atoms in total. The quantitative estimate of drug-likeness (QED) is 0.663. The van der Waals surface area contributed by atoms with Crippen molar-refractivity contribution in [3.05, 3.63) is 22.7 Å². The van der Waals surface area contributed by atoms with Crippen LogP contribution in [-0.4, -0.2) is 36.2 Å². The molecular weight excluding hydrogens is 210 g/mol. The molecule has 0 unspecified atom stereocenters. The summed E-state index contributed by atoms with van der Waals surface area (Å²) in [5.74, 6) is 0.0218. The maximum Gasteiger partial charge on any atom is 0.307 e. The SMILES string of the molecule is COC(=O)CCN(C)c1nccn(C)c1=O. The monoisotopic (exact) mass is 225 g/mol. The molecule has 0 spiro atoms. The molecular formula is C10H15N3O3. The fourth-order valence-electron chi connectivity index (χ4n) is 1.21. The number of carbonyl (C=O) groups excluding carboxylic acids is 1. The Morgan fingerprint density at radius 3 is 2.94 bits per heavy atom. The number of aryl methyl sites for hydroxylation is 1. The highest BCUT2D eigenvalue weighted by atomic mass is 16.5. The van der Waals surface area contributed by atoms with Gasteiger partial charge >= 0.3 is 5.97 Å². The van der Waals surface area contributed by atoms with Gasteiger partial charge in [0.2, 0.25) is 0 Å². The van der Waals surface area contributed by atoms with E-state index >= 15 is 0 Å². The third kappa shape index (κ3) is 2.82. The number of nitrogens with zero attached hydrogens (tertiary/aromatic N) is 3. The second-order valence-electron chi connectivity index (χ2n) is 3.41. The lowest BCUT2D eigenvalue weighted by molar-refractivity contribution is -0.140. The van der Waals surface area contributed by atoms with Gasteiger partial charge in [0.1, 0.15) is 0 Å². The molecule has 0 aliphatic rings. The smallest absolute Gasteiger partial charge is 0.307 e. The van der Waals surface area contributed by atoms with Gasteiger partial charge in [-0.1, -0.05) is 0 Å². The van der Waals surface area contributed by atoms with Gasteiger partial charge in [0.25, 0.3) is 5.56 Å². The minimum Gasteiger partial charge on any atom is -0.469 e. The summed E-state index contributed by atoms with van der Waals surface area (Å²) in [7, 11) is 4.70. The Morgan fingerprint density at radius 1 is 1.62 bits per heavy atom. The average Bonchev–Trinajstić information content (AvgIpc) is 2.29. The first-order chi connectivity index (χ1) is 7.56. The molecule has 0 aliphatic heterocycles. The van der Waals surface area contributed by atoms with Crippen LogP contribution in [0.3, 0.4) is 0 Å². The third-order valence-electron chi connectivity index (χ3n) is 2.24. The van der Waals surface area contributed by atoms with E-state index in [1.807, 2.05) is 0 Å². The number of hydrogen-bond donors (Lipinski definition) is 0. The van der Waals surface area contributed by atoms with E-state index in [4.69, 9.17) is 0 Å². The van der Waals surface area contributed by atoms with Crippen LogP contribution in [0, 0.1) is 0 Å². The molecule has 0 aromatic carbocycles. The molecule has 0 saturated heterocycles. The van der Waals surface area contributed by atoms with Crippen molar-refractivity contribution in [2.24, 2.45) is 7.05 Å². The van der Waals surface area contributed by atoms with E-state index in [1.165, 1.54) is 11.7 Å². The van der Waals surface area contributed by atoms with Gasteiger partial charge in [-0.15, -0.1) is 0 Å². The van der Waals surface area contributed by atoms with Crippen molar-refractivity contribution in [2.45, 2.75) is 6.42 Å². The molecule has 6 heteroatoms. The lowest BCUT2D eigenvalue weighted by Gasteiger charge is -2.16. The summed E-state index contributed by atoms with van der Waals surface area (Å²) < 4.78 is 5.96. The van der Waals surface area contributed by atoms with E-state index in [9.17, 15) is 9.59 Å². The second-order valence-corrected chi connectivity index (χ2v) is 3.41. The number of hydrogen-bond acceptors (Lipinski definition) is 5. The topological polar surface area (TPSA) is 64.4 Å². The highest BCUT2D eigenvalue weighted by molar-refractivity contribution is 5.69. The van der Waals surface area contributed by atoms with Gasteiger partial charge in [-0.25, -0.2) is 4.98 Å². The summed E-state index contributed by atoms with van der Waals surface area (Å²) >= 11 is 0. The van der Waals surface area contributed by atoms with Crippen molar-refractivity contribution in [3.8, 4) is 0 Å². The summed E-state index contributed by atoms with van der Waals surface area (Å²) in [6, 6.07) is 0. The lowest BCUT2D eigenvalue weighted by Crippen LogP contribution is -2.31. The second kappa shape index (κ2) is 5.29. The van der Waals surface area contributed by atoms with Crippen molar-refractivity contribution in [3.63, 3.8) is 0 Å². The highest BCUT2D eigenvalue weighted by Gasteiger charge is 2.10. The molecule has 1 aromatic rings. The Balaban J connectivity index is 2.73. The molecule has 0 radical (unpaired) electrons. The molecule has 0 atom stereocenters. The zero-order valence-electron chi connectivity index (χ0n) is 9.64. The Hall–Kier alpha value is -1.85. The largest absolute Gasteiger partial charge is 0.469 e. The molecule has 0 fully saturated rings. The van der Waals surface area contributed by atoms with E-state index in [0.29, 0.717) is 12.4 Å². The van der Waals surface area contributed by atoms with Crippen molar-refractivity contribution >= 4 is 11.8 Å². The first-order valence-corrected chi connectivity index (χ1v) is 4.86. The van der Waals surface area contributed by atoms with Crippen LogP contribution in [0.1, 0.15) is 6.42 Å². The van der Waals surface area contributed by atoms with Crippen LogP contribution in [0.15, 0.2) is 17.2 Å². The van der Waals surface area contributed by atoms with E-state index in [2.05, 4.69) is 9.72 Å². The van der Waals surface area contributed by atoms with Crippen LogP contribution in [-0.2, 0) is 16.6 Å². The van der Waals surface area contributed by atoms with E-state index in [-0.39, 0.29) is 17.9 Å². The molecule has 0 amide bonds. The van der Waals surface area contributed by atoms with Gasteiger partial charge in [-0.2, -0.15) is 0 Å². The Kier molecular flexibility index (Phi) is 4.04. The van der Waals surface area contributed by atoms with Crippen LogP contribution in [0.25, 0.3) is 0 Å². The van der Waals surface area contributed by atoms with Gasteiger partial charge in [0.05, 0.1) is 13.5 Å². The number of rotatable bonds is 4. The van der Waals surface area contributed by atoms with E-state index in [1.54, 1.807) is 31.4 Å². The number of anilines is 1. The Labute approximate surface area is 93.5 Å². The summed E-state index contributed by atoms with van der Waals surface area (Å²) in [6.45, 7) is 0.402. The Bertz CT molecular complexity index is 428. The van der Waals surface area contributed by atoms with Crippen LogP contribution in [0.2, 0.25) is 0 Å². The maximum atomic E-state index is 11.7. The number of esters is 1. The lowest BCUT2D eigenvalue weighted by atomic mass is 10.4. The molecule has 0 bridgehead atoms. The molecule has 0 saturated carbocycles. The highest BCUT2D eigenvalue weighted by Crippen LogP contribution is 2.01. The molecule has 1 aromatic heterocycles. The zero-order chi connectivity index (χ0) is 12.1. The molecule has 16 heavy (non-hydrogen) atoms. The molecule has 1 heterocycles. The van der Waals surface area contributed by atoms with Gasteiger partial charge < -0.3 is 14.2 Å². The predicted octanol–water partition coefficient (Wildman–Crippen LogP) is -0.220. The Morgan fingerprint density at radius 2 is 2.31 bits per heavy atom. The van der Waals surface area contributed by atoms with Gasteiger partial charge in [0, 0.05) is 33.0 Å². The minimum atomic E-state index is -0.306. The summed E-state index contributed by atoms with van der Waals surface area (Å²) in [4.78, 5) is 28.2. The number of carbonyl (C=O) groups is 1. The number of methoxy groups -OCH3 is 1. The van der Waals surface area contributed by atoms with Gasteiger partial charge in [0.15, 0.2) is 5.82 Å². The molecule has 88 valence electrons. The van der Waals surface area contributed by atoms with Crippen molar-refractivity contribution in [2.75, 3.05) is 25.6 Å². The normalized spacial score (nSPS) is 9.94. The first-order valence-electron chi connectivity index (χ1n) is 4.86. The van der Waals surface area contributed by atoms with Crippen molar-refractivity contribution in [1.82, 2.24) is 9.55 Å². The third-order valence-corrected chi connectivity index (χ3v) is 2.24. The maximum absolute atomic E-state index is 11.7. The standard InChI is InChI=1S/C10H15N3O3/c1-12(6-4-8(14)16-3)9-10(15)13(2)7-5-11-9/h5,7H,4,6H2,1-3H3. The van der Waals surface area contributed by atoms with Crippen molar-refractivity contribution < 1.29 is 9.53 Å². The summed E-state index contributed by atoms with van der Waals surface area (Å²) in [5, 5.41) is 0. The predicted molar refractivity (Wildman–Crippen MR) is 59.4 cm³/mol. The van der Waals surface area contributed by atoms with Gasteiger partial charge in [-0.3, -0.25) is 9.59 Å². The van der Waals surface area contributed by atoms with E-state index in [0.717, 1.165) is 0 Å². The average molecular weight is 225 g/mol. The van der Waals surface area contributed by atoms with E-state index < -0.39 is 0 Å². The zero-order valence-corrected chi connectivity index (χ0v) is 9.64. The molecule has 0 N–H and O–H groups in total. The number of aromatic nitrogens is 2. The molecule has 1 rings (SSSR count). The fraction of sp³-hybridized carbons (Fsp3) is 0.500. The van der Waals surface area contributed by atoms with Crippen LogP contribution < -0.4 is 10.5 Å². The summed E-state index contributed by atoms with van der Waals surface area (Å²) in [6.07, 6.45) is 3.36. The van der Waals surface area contributed by atoms with Crippen LogP contribution in [0.4, 0.5) is 5.82 Å². The number of ether oxygens (including phenoxy) is 1. The minimum absolute atomic E-state index is 0.185. The van der Waals surface area contributed by atoms with Crippen LogP contribution in [0.5, 0.6) is 0 Å². The van der Waals surface area contributed by atoms with Gasteiger partial charge in [-0.05, 0) is 0 Å². The summed E-state index contributed by atoms with van der Waals surface area (Å²) in [5.41, 5.74) is -0.185. The van der Waals surface area contributed by atoms with Crippen LogP contribution >= 0.6 is 0 Å². The van der Waals surface area contributed by atoms with Crippen molar-refractivity contribution in [1.29, 1.82) is 0 Å². The fourth-order valence-corrected chi connectivity index (χ4v) is 1.21. The first kappa shape index (κ1) is 12.2. The molecule has 0 aliphatic carbocycles.